The summed E-state index contributed by atoms with van der Waals surface area (Å²) in [6.45, 7) is 2.97. The van der Waals surface area contributed by atoms with Gasteiger partial charge in [-0.1, -0.05) is 11.6 Å². The molecule has 1 aromatic rings. The topological polar surface area (TPSA) is 46.3 Å². The van der Waals surface area contributed by atoms with E-state index >= 15 is 0 Å². The van der Waals surface area contributed by atoms with Crippen molar-refractivity contribution in [2.75, 3.05) is 13.1 Å². The molecule has 18 heavy (non-hydrogen) atoms. The van der Waals surface area contributed by atoms with Gasteiger partial charge in [-0.05, 0) is 38.3 Å². The highest BCUT2D eigenvalue weighted by molar-refractivity contribution is 5.95. The number of nitrogens with two attached hydrogens (primary N) is 1. The van der Waals surface area contributed by atoms with Crippen molar-refractivity contribution in [1.29, 1.82) is 0 Å². The van der Waals surface area contributed by atoms with Crippen molar-refractivity contribution in [3.05, 3.63) is 35.1 Å². The minimum atomic E-state index is -0.452. The zero-order valence-electron chi connectivity index (χ0n) is 10.7. The molecule has 3 nitrogen and oxygen atoms in total. The third-order valence-corrected chi connectivity index (χ3v) is 3.51. The van der Waals surface area contributed by atoms with Crippen molar-refractivity contribution in [3.63, 3.8) is 0 Å². The molecule has 0 radical (unpaired) electrons. The first kappa shape index (κ1) is 13.0. The summed E-state index contributed by atoms with van der Waals surface area (Å²) in [5.41, 5.74) is 6.74. The third kappa shape index (κ3) is 2.53. The molecule has 4 heteroatoms. The SMILES string of the molecule is Cc1ccc(F)c(C(=O)N2CCCCC2CN)c1. The molecule has 1 aliphatic heterocycles. The van der Waals surface area contributed by atoms with Gasteiger partial charge in [-0.25, -0.2) is 4.39 Å². The third-order valence-electron chi connectivity index (χ3n) is 3.51. The van der Waals surface area contributed by atoms with Gasteiger partial charge in [0, 0.05) is 19.1 Å². The molecule has 1 saturated heterocycles. The molecule has 1 aliphatic rings. The first-order chi connectivity index (χ1) is 8.63. The fraction of sp³-hybridized carbons (Fsp3) is 0.500. The second-order valence-electron chi connectivity index (χ2n) is 4.87. The molecule has 0 spiro atoms. The molecule has 1 heterocycles. The summed E-state index contributed by atoms with van der Waals surface area (Å²) in [6, 6.07) is 4.68. The molecular formula is C14H19FN2O. The van der Waals surface area contributed by atoms with E-state index in [0.717, 1.165) is 24.8 Å². The maximum absolute atomic E-state index is 13.7. The largest absolute Gasteiger partial charge is 0.334 e. The van der Waals surface area contributed by atoms with Crippen LogP contribution in [0.15, 0.2) is 18.2 Å². The van der Waals surface area contributed by atoms with E-state index in [2.05, 4.69) is 0 Å². The number of halogens is 1. The van der Waals surface area contributed by atoms with E-state index in [9.17, 15) is 9.18 Å². The number of aryl methyl sites for hydroxylation is 1. The minimum Gasteiger partial charge on any atom is -0.334 e. The molecule has 2 rings (SSSR count). The Balaban J connectivity index is 2.26. The number of rotatable bonds is 2. The van der Waals surface area contributed by atoms with Crippen molar-refractivity contribution in [2.24, 2.45) is 5.73 Å². The summed E-state index contributed by atoms with van der Waals surface area (Å²) in [6.07, 6.45) is 2.97. The van der Waals surface area contributed by atoms with Crippen LogP contribution >= 0.6 is 0 Å². The lowest BCUT2D eigenvalue weighted by Crippen LogP contribution is -2.47. The van der Waals surface area contributed by atoms with Crippen LogP contribution in [-0.4, -0.2) is 29.9 Å². The van der Waals surface area contributed by atoms with E-state index in [1.165, 1.54) is 6.07 Å². The van der Waals surface area contributed by atoms with E-state index in [4.69, 9.17) is 5.73 Å². The fourth-order valence-electron chi connectivity index (χ4n) is 2.47. The van der Waals surface area contributed by atoms with Gasteiger partial charge in [-0.2, -0.15) is 0 Å². The van der Waals surface area contributed by atoms with E-state index in [-0.39, 0.29) is 17.5 Å². The fourth-order valence-corrected chi connectivity index (χ4v) is 2.47. The second-order valence-corrected chi connectivity index (χ2v) is 4.87. The number of benzene rings is 1. The number of nitrogens with zero attached hydrogens (tertiary/aromatic N) is 1. The molecule has 2 N–H and O–H groups in total. The van der Waals surface area contributed by atoms with Gasteiger partial charge in [0.05, 0.1) is 5.56 Å². The van der Waals surface area contributed by atoms with Crippen LogP contribution in [0.25, 0.3) is 0 Å². The average Bonchev–Trinajstić information content (AvgIpc) is 2.40. The van der Waals surface area contributed by atoms with Crippen molar-refractivity contribution in [1.82, 2.24) is 4.90 Å². The van der Waals surface area contributed by atoms with Gasteiger partial charge in [-0.3, -0.25) is 4.79 Å². The van der Waals surface area contributed by atoms with Crippen LogP contribution in [0.3, 0.4) is 0 Å². The van der Waals surface area contributed by atoms with E-state index in [1.807, 2.05) is 6.92 Å². The van der Waals surface area contributed by atoms with Crippen molar-refractivity contribution in [2.45, 2.75) is 32.2 Å². The van der Waals surface area contributed by atoms with Gasteiger partial charge in [0.15, 0.2) is 0 Å². The zero-order valence-corrected chi connectivity index (χ0v) is 10.7. The lowest BCUT2D eigenvalue weighted by molar-refractivity contribution is 0.0618. The number of carbonyl (C=O) groups is 1. The monoisotopic (exact) mass is 250 g/mol. The summed E-state index contributed by atoms with van der Waals surface area (Å²) < 4.78 is 13.7. The van der Waals surface area contributed by atoms with Crippen LogP contribution in [0.5, 0.6) is 0 Å². The number of hydrogen-bond acceptors (Lipinski definition) is 2. The number of hydrogen-bond donors (Lipinski definition) is 1. The molecule has 1 fully saturated rings. The highest BCUT2D eigenvalue weighted by atomic mass is 19.1. The second kappa shape index (κ2) is 5.48. The Morgan fingerprint density at radius 3 is 3.00 bits per heavy atom. The van der Waals surface area contributed by atoms with Crippen molar-refractivity contribution >= 4 is 5.91 Å². The van der Waals surface area contributed by atoms with Gasteiger partial charge in [0.1, 0.15) is 5.82 Å². The quantitative estimate of drug-likeness (QED) is 0.873. The Hall–Kier alpha value is -1.42. The van der Waals surface area contributed by atoms with E-state index in [1.54, 1.807) is 17.0 Å². The van der Waals surface area contributed by atoms with Gasteiger partial charge in [0.2, 0.25) is 0 Å². The Morgan fingerprint density at radius 1 is 1.50 bits per heavy atom. The van der Waals surface area contributed by atoms with Gasteiger partial charge in [0.25, 0.3) is 5.91 Å². The first-order valence-corrected chi connectivity index (χ1v) is 6.40. The summed E-state index contributed by atoms with van der Waals surface area (Å²) in [4.78, 5) is 14.1. The lowest BCUT2D eigenvalue weighted by Gasteiger charge is -2.35. The van der Waals surface area contributed by atoms with Crippen LogP contribution in [0.4, 0.5) is 4.39 Å². The number of piperidine rings is 1. The molecule has 1 aromatic carbocycles. The number of likely N-dealkylation sites (tertiary alicyclic amines) is 1. The zero-order chi connectivity index (χ0) is 13.1. The molecule has 0 bridgehead atoms. The molecule has 98 valence electrons. The van der Waals surface area contributed by atoms with Crippen molar-refractivity contribution < 1.29 is 9.18 Å². The molecule has 0 aliphatic carbocycles. The van der Waals surface area contributed by atoms with Gasteiger partial charge >= 0.3 is 0 Å². The molecule has 0 saturated carbocycles. The number of amides is 1. The maximum Gasteiger partial charge on any atom is 0.257 e. The smallest absolute Gasteiger partial charge is 0.257 e. The minimum absolute atomic E-state index is 0.0474. The Morgan fingerprint density at radius 2 is 2.28 bits per heavy atom. The Labute approximate surface area is 107 Å². The highest BCUT2D eigenvalue weighted by Crippen LogP contribution is 2.20. The first-order valence-electron chi connectivity index (χ1n) is 6.40. The van der Waals surface area contributed by atoms with Gasteiger partial charge < -0.3 is 10.6 Å². The Kier molecular flexibility index (Phi) is 3.97. The molecule has 1 amide bonds. The summed E-state index contributed by atoms with van der Waals surface area (Å²) >= 11 is 0. The molecule has 1 atom stereocenters. The van der Waals surface area contributed by atoms with E-state index < -0.39 is 5.82 Å². The molecular weight excluding hydrogens is 231 g/mol. The highest BCUT2D eigenvalue weighted by Gasteiger charge is 2.27. The maximum atomic E-state index is 13.7. The van der Waals surface area contributed by atoms with Crippen LogP contribution in [0, 0.1) is 12.7 Å². The number of carbonyl (C=O) groups excluding carboxylic acids is 1. The van der Waals surface area contributed by atoms with Crippen LogP contribution in [-0.2, 0) is 0 Å². The summed E-state index contributed by atoms with van der Waals surface area (Å²) in [7, 11) is 0. The standard InChI is InChI=1S/C14H19FN2O/c1-10-5-6-13(15)12(8-10)14(18)17-7-3-2-4-11(17)9-16/h5-6,8,11H,2-4,7,9,16H2,1H3. The predicted octanol–water partition coefficient (Wildman–Crippen LogP) is 2.09. The van der Waals surface area contributed by atoms with E-state index in [0.29, 0.717) is 13.1 Å². The van der Waals surface area contributed by atoms with Crippen LogP contribution in [0.1, 0.15) is 35.2 Å². The Bertz CT molecular complexity index is 447. The summed E-state index contributed by atoms with van der Waals surface area (Å²) in [5, 5.41) is 0. The van der Waals surface area contributed by atoms with Crippen LogP contribution in [0.2, 0.25) is 0 Å². The molecule has 1 unspecified atom stereocenters. The van der Waals surface area contributed by atoms with Crippen molar-refractivity contribution in [3.8, 4) is 0 Å². The lowest BCUT2D eigenvalue weighted by atomic mass is 10.0. The van der Waals surface area contributed by atoms with Gasteiger partial charge in [-0.15, -0.1) is 0 Å². The summed E-state index contributed by atoms with van der Waals surface area (Å²) in [5.74, 6) is -0.682. The predicted molar refractivity (Wildman–Crippen MR) is 68.9 cm³/mol. The molecule has 0 aromatic heterocycles. The van der Waals surface area contributed by atoms with Crippen LogP contribution < -0.4 is 5.73 Å². The normalized spacial score (nSPS) is 19.9. The average molecular weight is 250 g/mol.